The van der Waals surface area contributed by atoms with Crippen LogP contribution in [-0.2, 0) is 9.59 Å². The first kappa shape index (κ1) is 14.4. The molecular formula is C10H19N3O3. The molecule has 0 aliphatic rings. The number of nitrogens with one attached hydrogen (secondary N) is 3. The van der Waals surface area contributed by atoms with Crippen molar-refractivity contribution in [2.24, 2.45) is 0 Å². The van der Waals surface area contributed by atoms with Gasteiger partial charge >= 0.3 is 5.97 Å². The van der Waals surface area contributed by atoms with Crippen molar-refractivity contribution < 1.29 is 14.7 Å². The summed E-state index contributed by atoms with van der Waals surface area (Å²) in [7, 11) is 1.81. The summed E-state index contributed by atoms with van der Waals surface area (Å²) in [4.78, 5) is 21.5. The van der Waals surface area contributed by atoms with E-state index < -0.39 is 5.97 Å². The van der Waals surface area contributed by atoms with Gasteiger partial charge in [-0.3, -0.25) is 4.79 Å². The van der Waals surface area contributed by atoms with E-state index in [2.05, 4.69) is 16.0 Å². The summed E-state index contributed by atoms with van der Waals surface area (Å²) in [5.41, 5.74) is 0.538. The zero-order valence-electron chi connectivity index (χ0n) is 9.67. The first-order chi connectivity index (χ1) is 7.56. The number of hydrogen-bond acceptors (Lipinski definition) is 4. The third-order valence-electron chi connectivity index (χ3n) is 1.79. The number of carboxylic acid groups (broad SMARTS) is 1. The second-order valence-corrected chi connectivity index (χ2v) is 3.30. The topological polar surface area (TPSA) is 90.5 Å². The molecule has 0 saturated carbocycles. The maximum Gasteiger partial charge on any atom is 0.330 e. The van der Waals surface area contributed by atoms with E-state index in [0.717, 1.165) is 12.6 Å². The van der Waals surface area contributed by atoms with Gasteiger partial charge < -0.3 is 21.1 Å². The maximum atomic E-state index is 11.2. The molecule has 0 aliphatic heterocycles. The number of aliphatic carboxylic acids is 1. The molecular weight excluding hydrogens is 210 g/mol. The first-order valence-electron chi connectivity index (χ1n) is 5.12. The third-order valence-corrected chi connectivity index (χ3v) is 1.79. The molecule has 6 heteroatoms. The normalized spacial score (nSPS) is 11.0. The van der Waals surface area contributed by atoms with E-state index in [-0.39, 0.29) is 5.91 Å². The highest BCUT2D eigenvalue weighted by atomic mass is 16.4. The minimum Gasteiger partial charge on any atom is -0.478 e. The molecule has 0 fully saturated rings. The molecule has 0 atom stereocenters. The first-order valence-corrected chi connectivity index (χ1v) is 5.12. The van der Waals surface area contributed by atoms with Gasteiger partial charge in [-0.25, -0.2) is 4.79 Å². The van der Waals surface area contributed by atoms with Crippen molar-refractivity contribution in [3.05, 3.63) is 11.8 Å². The van der Waals surface area contributed by atoms with E-state index in [0.29, 0.717) is 25.2 Å². The molecule has 0 heterocycles. The molecule has 1 amide bonds. The predicted molar refractivity (Wildman–Crippen MR) is 60.9 cm³/mol. The van der Waals surface area contributed by atoms with E-state index in [1.165, 1.54) is 0 Å². The summed E-state index contributed by atoms with van der Waals surface area (Å²) in [6.45, 7) is 3.41. The van der Waals surface area contributed by atoms with Gasteiger partial charge in [0.15, 0.2) is 0 Å². The Balaban J connectivity index is 3.58. The standard InChI is InChI=1S/C10H19N3O3/c1-8(7-10(15)16)12-4-3-9(14)13-6-5-11-2/h7,11-12H,3-6H2,1-2H3,(H,13,14)(H,15,16)/b8-7+. The third kappa shape index (κ3) is 9.01. The maximum absolute atomic E-state index is 11.2. The lowest BCUT2D eigenvalue weighted by Crippen LogP contribution is -2.32. The van der Waals surface area contributed by atoms with Crippen LogP contribution < -0.4 is 16.0 Å². The van der Waals surface area contributed by atoms with Crippen LogP contribution in [0.15, 0.2) is 11.8 Å². The van der Waals surface area contributed by atoms with Crippen molar-refractivity contribution in [3.63, 3.8) is 0 Å². The summed E-state index contributed by atoms with van der Waals surface area (Å²) in [6.07, 6.45) is 1.40. The number of amides is 1. The molecule has 0 aromatic rings. The smallest absolute Gasteiger partial charge is 0.330 e. The number of carbonyl (C=O) groups is 2. The summed E-state index contributed by atoms with van der Waals surface area (Å²) in [5.74, 6) is -1.05. The Kier molecular flexibility index (Phi) is 7.87. The van der Waals surface area contributed by atoms with Crippen LogP contribution in [-0.4, -0.2) is 43.7 Å². The fourth-order valence-corrected chi connectivity index (χ4v) is 1.02. The zero-order chi connectivity index (χ0) is 12.4. The van der Waals surface area contributed by atoms with Gasteiger partial charge in [0.25, 0.3) is 0 Å². The second-order valence-electron chi connectivity index (χ2n) is 3.30. The second kappa shape index (κ2) is 8.72. The van der Waals surface area contributed by atoms with Gasteiger partial charge in [-0.15, -0.1) is 0 Å². The van der Waals surface area contributed by atoms with Gasteiger partial charge in [0.05, 0.1) is 0 Å². The lowest BCUT2D eigenvalue weighted by Gasteiger charge is -2.06. The number of likely N-dealkylation sites (N-methyl/N-ethyl adjacent to an activating group) is 1. The summed E-state index contributed by atoms with van der Waals surface area (Å²) in [6, 6.07) is 0. The van der Waals surface area contributed by atoms with E-state index in [4.69, 9.17) is 5.11 Å². The van der Waals surface area contributed by atoms with Gasteiger partial charge in [-0.05, 0) is 14.0 Å². The van der Waals surface area contributed by atoms with Gasteiger partial charge in [0.2, 0.25) is 5.91 Å². The van der Waals surface area contributed by atoms with Crippen LogP contribution in [0.5, 0.6) is 0 Å². The number of carboxylic acids is 1. The fraction of sp³-hybridized carbons (Fsp3) is 0.600. The minimum atomic E-state index is -0.997. The lowest BCUT2D eigenvalue weighted by molar-refractivity contribution is -0.131. The van der Waals surface area contributed by atoms with Gasteiger partial charge in [0, 0.05) is 37.8 Å². The van der Waals surface area contributed by atoms with E-state index in [1.54, 1.807) is 6.92 Å². The summed E-state index contributed by atoms with van der Waals surface area (Å²) < 4.78 is 0. The van der Waals surface area contributed by atoms with Crippen molar-refractivity contribution in [3.8, 4) is 0 Å². The molecule has 0 aromatic carbocycles. The molecule has 0 bridgehead atoms. The average molecular weight is 229 g/mol. The van der Waals surface area contributed by atoms with Gasteiger partial charge in [0.1, 0.15) is 0 Å². The van der Waals surface area contributed by atoms with Gasteiger partial charge in [-0.1, -0.05) is 0 Å². The highest BCUT2D eigenvalue weighted by Gasteiger charge is 2.00. The highest BCUT2D eigenvalue weighted by molar-refractivity contribution is 5.80. The minimum absolute atomic E-state index is 0.0501. The van der Waals surface area contributed by atoms with Gasteiger partial charge in [-0.2, -0.15) is 0 Å². The summed E-state index contributed by atoms with van der Waals surface area (Å²) in [5, 5.41) is 16.9. The Bertz CT molecular complexity index is 264. The van der Waals surface area contributed by atoms with Crippen LogP contribution in [0.1, 0.15) is 13.3 Å². The molecule has 16 heavy (non-hydrogen) atoms. The molecule has 92 valence electrons. The molecule has 0 rings (SSSR count). The molecule has 6 nitrogen and oxygen atoms in total. The lowest BCUT2D eigenvalue weighted by atomic mass is 10.3. The zero-order valence-corrected chi connectivity index (χ0v) is 9.67. The Morgan fingerprint density at radius 3 is 2.44 bits per heavy atom. The van der Waals surface area contributed by atoms with Crippen molar-refractivity contribution in [1.82, 2.24) is 16.0 Å². The Morgan fingerprint density at radius 2 is 1.88 bits per heavy atom. The largest absolute Gasteiger partial charge is 0.478 e. The van der Waals surface area contributed by atoms with E-state index >= 15 is 0 Å². The predicted octanol–water partition coefficient (Wildman–Crippen LogP) is -0.710. The van der Waals surface area contributed by atoms with Crippen molar-refractivity contribution in [2.45, 2.75) is 13.3 Å². The molecule has 0 saturated heterocycles. The van der Waals surface area contributed by atoms with Crippen LogP contribution in [0.2, 0.25) is 0 Å². The average Bonchev–Trinajstić information content (AvgIpc) is 2.17. The van der Waals surface area contributed by atoms with Crippen LogP contribution >= 0.6 is 0 Å². The number of rotatable bonds is 8. The fourth-order valence-electron chi connectivity index (χ4n) is 1.02. The Hall–Kier alpha value is -1.56. The number of hydrogen-bond donors (Lipinski definition) is 4. The highest BCUT2D eigenvalue weighted by Crippen LogP contribution is 1.87. The number of carbonyl (C=O) groups excluding carboxylic acids is 1. The quantitative estimate of drug-likeness (QED) is 0.326. The molecule has 0 spiro atoms. The molecule has 0 aromatic heterocycles. The van der Waals surface area contributed by atoms with Crippen LogP contribution in [0.25, 0.3) is 0 Å². The molecule has 0 aliphatic carbocycles. The van der Waals surface area contributed by atoms with Crippen molar-refractivity contribution >= 4 is 11.9 Å². The molecule has 4 N–H and O–H groups in total. The van der Waals surface area contributed by atoms with E-state index in [1.807, 2.05) is 7.05 Å². The van der Waals surface area contributed by atoms with E-state index in [9.17, 15) is 9.59 Å². The van der Waals surface area contributed by atoms with Crippen molar-refractivity contribution in [1.29, 1.82) is 0 Å². The molecule has 0 unspecified atom stereocenters. The SMILES string of the molecule is CNCCNC(=O)CCN/C(C)=C/C(=O)O. The Morgan fingerprint density at radius 1 is 1.19 bits per heavy atom. The van der Waals surface area contributed by atoms with Crippen LogP contribution in [0.3, 0.4) is 0 Å². The Labute approximate surface area is 95.1 Å². The van der Waals surface area contributed by atoms with Crippen LogP contribution in [0, 0.1) is 0 Å². The van der Waals surface area contributed by atoms with Crippen molar-refractivity contribution in [2.75, 3.05) is 26.7 Å². The number of allylic oxidation sites excluding steroid dienone is 1. The monoisotopic (exact) mass is 229 g/mol. The molecule has 0 radical (unpaired) electrons. The summed E-state index contributed by atoms with van der Waals surface area (Å²) >= 11 is 0. The van der Waals surface area contributed by atoms with Crippen LogP contribution in [0.4, 0.5) is 0 Å².